The molecule has 148 valence electrons. The lowest BCUT2D eigenvalue weighted by Gasteiger charge is -2.39. The maximum Gasteiger partial charge on any atom is 0.236 e. The number of nitrogens with one attached hydrogen (secondary N) is 1. The summed E-state index contributed by atoms with van der Waals surface area (Å²) < 4.78 is 6.09. The van der Waals surface area contributed by atoms with Crippen LogP contribution in [-0.4, -0.2) is 61.1 Å². The molecule has 2 aromatic rings. The summed E-state index contributed by atoms with van der Waals surface area (Å²) in [4.78, 5) is 16.8. The monoisotopic (exact) mass is 379 g/mol. The van der Waals surface area contributed by atoms with E-state index in [0.29, 0.717) is 19.2 Å². The van der Waals surface area contributed by atoms with E-state index in [2.05, 4.69) is 34.5 Å². The molecule has 4 rings (SSSR count). The Morgan fingerprint density at radius 3 is 2.25 bits per heavy atom. The molecule has 1 aliphatic carbocycles. The Morgan fingerprint density at radius 2 is 1.61 bits per heavy atom. The van der Waals surface area contributed by atoms with Crippen LogP contribution in [0.25, 0.3) is 0 Å². The van der Waals surface area contributed by atoms with Crippen molar-refractivity contribution in [2.24, 2.45) is 0 Å². The summed E-state index contributed by atoms with van der Waals surface area (Å²) in [5, 5.41) is 3.33. The molecule has 1 unspecified atom stereocenters. The van der Waals surface area contributed by atoms with Gasteiger partial charge in [-0.2, -0.15) is 0 Å². The molecule has 1 aliphatic heterocycles. The lowest BCUT2D eigenvalue weighted by atomic mass is 10.0. The Hall–Kier alpha value is -2.37. The van der Waals surface area contributed by atoms with Gasteiger partial charge in [0.2, 0.25) is 5.91 Å². The molecule has 0 spiro atoms. The Morgan fingerprint density at radius 1 is 0.964 bits per heavy atom. The summed E-state index contributed by atoms with van der Waals surface area (Å²) in [6.07, 6.45) is 2.42. The average Bonchev–Trinajstić information content (AvgIpc) is 3.59. The van der Waals surface area contributed by atoms with Gasteiger partial charge in [-0.05, 0) is 30.5 Å². The van der Waals surface area contributed by atoms with E-state index >= 15 is 0 Å². The lowest BCUT2D eigenvalue weighted by molar-refractivity contribution is -0.132. The fourth-order valence-corrected chi connectivity index (χ4v) is 3.69. The summed E-state index contributed by atoms with van der Waals surface area (Å²) in [7, 11) is 0. The van der Waals surface area contributed by atoms with Gasteiger partial charge in [-0.25, -0.2) is 0 Å². The second-order valence-electron chi connectivity index (χ2n) is 7.62. The van der Waals surface area contributed by atoms with Crippen molar-refractivity contribution in [3.05, 3.63) is 66.2 Å². The normalized spacial score (nSPS) is 18.6. The molecule has 1 atom stereocenters. The molecule has 1 N–H and O–H groups in total. The number of para-hydroxylation sites is 1. The van der Waals surface area contributed by atoms with Crippen molar-refractivity contribution in [3.8, 4) is 5.75 Å². The zero-order valence-corrected chi connectivity index (χ0v) is 16.3. The highest BCUT2D eigenvalue weighted by Gasteiger charge is 2.28. The van der Waals surface area contributed by atoms with Gasteiger partial charge in [0.05, 0.1) is 12.6 Å². The minimum absolute atomic E-state index is 0.184. The number of rotatable bonds is 8. The summed E-state index contributed by atoms with van der Waals surface area (Å²) in [6.45, 7) is 4.37. The van der Waals surface area contributed by atoms with Crippen molar-refractivity contribution < 1.29 is 9.53 Å². The number of carbonyl (C=O) groups excluding carboxylic acids is 1. The molecule has 5 heteroatoms. The van der Waals surface area contributed by atoms with Crippen LogP contribution in [0.1, 0.15) is 24.4 Å². The first-order chi connectivity index (χ1) is 13.8. The van der Waals surface area contributed by atoms with Gasteiger partial charge in [-0.1, -0.05) is 48.5 Å². The molecule has 2 fully saturated rings. The van der Waals surface area contributed by atoms with Crippen molar-refractivity contribution in [1.82, 2.24) is 15.1 Å². The SMILES string of the molecule is O=C(CNC1CC1)N1CCN(C(COc2ccccc2)c2ccccc2)CC1. The molecule has 1 saturated carbocycles. The highest BCUT2D eigenvalue weighted by Crippen LogP contribution is 2.24. The summed E-state index contributed by atoms with van der Waals surface area (Å²) >= 11 is 0. The van der Waals surface area contributed by atoms with Crippen LogP contribution in [0.5, 0.6) is 5.75 Å². The molecule has 2 aliphatic rings. The number of nitrogens with zero attached hydrogens (tertiary/aromatic N) is 2. The summed E-state index contributed by atoms with van der Waals surface area (Å²) in [6, 6.07) is 21.2. The minimum Gasteiger partial charge on any atom is -0.492 e. The van der Waals surface area contributed by atoms with Gasteiger partial charge in [-0.15, -0.1) is 0 Å². The van der Waals surface area contributed by atoms with Crippen LogP contribution in [0.3, 0.4) is 0 Å². The molecule has 28 heavy (non-hydrogen) atoms. The van der Waals surface area contributed by atoms with E-state index in [-0.39, 0.29) is 11.9 Å². The standard InChI is InChI=1S/C23H29N3O2/c27-23(17-24-20-11-12-20)26-15-13-25(14-16-26)22(19-7-3-1-4-8-19)18-28-21-9-5-2-6-10-21/h1-10,20,22,24H,11-18H2. The van der Waals surface area contributed by atoms with Crippen LogP contribution in [0.4, 0.5) is 0 Å². The summed E-state index contributed by atoms with van der Waals surface area (Å²) in [5.74, 6) is 1.12. The van der Waals surface area contributed by atoms with Crippen LogP contribution in [0, 0.1) is 0 Å². The van der Waals surface area contributed by atoms with Crippen molar-refractivity contribution in [3.63, 3.8) is 0 Å². The van der Waals surface area contributed by atoms with Gasteiger partial charge in [0.15, 0.2) is 0 Å². The molecule has 0 aromatic heterocycles. The van der Waals surface area contributed by atoms with Crippen LogP contribution in [-0.2, 0) is 4.79 Å². The van der Waals surface area contributed by atoms with Crippen LogP contribution < -0.4 is 10.1 Å². The van der Waals surface area contributed by atoms with Crippen molar-refractivity contribution in [2.45, 2.75) is 24.9 Å². The predicted molar refractivity (Wildman–Crippen MR) is 110 cm³/mol. The Balaban J connectivity index is 1.35. The van der Waals surface area contributed by atoms with Crippen molar-refractivity contribution in [1.29, 1.82) is 0 Å². The topological polar surface area (TPSA) is 44.8 Å². The Kier molecular flexibility index (Phi) is 6.24. The van der Waals surface area contributed by atoms with E-state index in [1.807, 2.05) is 41.3 Å². The van der Waals surface area contributed by atoms with E-state index < -0.39 is 0 Å². The zero-order chi connectivity index (χ0) is 19.2. The molecule has 1 amide bonds. The van der Waals surface area contributed by atoms with E-state index in [1.165, 1.54) is 18.4 Å². The van der Waals surface area contributed by atoms with Crippen LogP contribution in [0.2, 0.25) is 0 Å². The maximum absolute atomic E-state index is 12.4. The number of hydrogen-bond acceptors (Lipinski definition) is 4. The Labute approximate surface area is 167 Å². The lowest BCUT2D eigenvalue weighted by Crippen LogP contribution is -2.52. The third-order valence-electron chi connectivity index (χ3n) is 5.56. The Bertz CT molecular complexity index is 741. The van der Waals surface area contributed by atoms with E-state index in [9.17, 15) is 4.79 Å². The molecule has 1 heterocycles. The number of hydrogen-bond donors (Lipinski definition) is 1. The first-order valence-corrected chi connectivity index (χ1v) is 10.3. The summed E-state index contributed by atoms with van der Waals surface area (Å²) in [5.41, 5.74) is 1.26. The van der Waals surface area contributed by atoms with Crippen LogP contribution >= 0.6 is 0 Å². The van der Waals surface area contributed by atoms with Gasteiger partial charge in [-0.3, -0.25) is 9.69 Å². The van der Waals surface area contributed by atoms with Gasteiger partial charge in [0.25, 0.3) is 0 Å². The van der Waals surface area contributed by atoms with E-state index in [4.69, 9.17) is 4.74 Å². The molecule has 5 nitrogen and oxygen atoms in total. The van der Waals surface area contributed by atoms with Gasteiger partial charge < -0.3 is 15.0 Å². The van der Waals surface area contributed by atoms with Gasteiger partial charge in [0.1, 0.15) is 12.4 Å². The highest BCUT2D eigenvalue weighted by atomic mass is 16.5. The van der Waals surface area contributed by atoms with Crippen LogP contribution in [0.15, 0.2) is 60.7 Å². The largest absolute Gasteiger partial charge is 0.492 e. The second kappa shape index (κ2) is 9.22. The minimum atomic E-state index is 0.184. The van der Waals surface area contributed by atoms with Crippen molar-refractivity contribution >= 4 is 5.91 Å². The number of carbonyl (C=O) groups is 1. The molecule has 2 aromatic carbocycles. The average molecular weight is 380 g/mol. The second-order valence-corrected chi connectivity index (χ2v) is 7.62. The third-order valence-corrected chi connectivity index (χ3v) is 5.56. The number of piperazine rings is 1. The van der Waals surface area contributed by atoms with E-state index in [1.54, 1.807) is 0 Å². The fraction of sp³-hybridized carbons (Fsp3) is 0.435. The molecular weight excluding hydrogens is 350 g/mol. The van der Waals surface area contributed by atoms with Gasteiger partial charge >= 0.3 is 0 Å². The molecule has 1 saturated heterocycles. The maximum atomic E-state index is 12.4. The third kappa shape index (κ3) is 5.12. The van der Waals surface area contributed by atoms with Crippen molar-refractivity contribution in [2.75, 3.05) is 39.3 Å². The smallest absolute Gasteiger partial charge is 0.236 e. The molecular formula is C23H29N3O2. The first kappa shape index (κ1) is 19.0. The molecule has 0 bridgehead atoms. The first-order valence-electron chi connectivity index (χ1n) is 10.3. The zero-order valence-electron chi connectivity index (χ0n) is 16.3. The molecule has 0 radical (unpaired) electrons. The number of benzene rings is 2. The fourth-order valence-electron chi connectivity index (χ4n) is 3.69. The quantitative estimate of drug-likeness (QED) is 0.766. The number of amides is 1. The van der Waals surface area contributed by atoms with Gasteiger partial charge in [0, 0.05) is 32.2 Å². The number of ether oxygens (including phenoxy) is 1. The van der Waals surface area contributed by atoms with E-state index in [0.717, 1.165) is 31.9 Å². The predicted octanol–water partition coefficient (Wildman–Crippen LogP) is 2.70. The highest BCUT2D eigenvalue weighted by molar-refractivity contribution is 5.78.